The molecule has 0 amide bonds. The van der Waals surface area contributed by atoms with Gasteiger partial charge in [-0.3, -0.25) is 4.72 Å². The van der Waals surface area contributed by atoms with E-state index in [0.29, 0.717) is 31.8 Å². The van der Waals surface area contributed by atoms with Crippen molar-refractivity contribution >= 4 is 15.9 Å². The van der Waals surface area contributed by atoms with Crippen LogP contribution in [0.5, 0.6) is 0 Å². The fourth-order valence-corrected chi connectivity index (χ4v) is 2.50. The lowest BCUT2D eigenvalue weighted by molar-refractivity contribution is 0.185. The predicted molar refractivity (Wildman–Crippen MR) is 76.0 cm³/mol. The van der Waals surface area contributed by atoms with Crippen molar-refractivity contribution in [2.24, 2.45) is 5.73 Å². The first-order chi connectivity index (χ1) is 8.99. The molecule has 0 spiro atoms. The molecular weight excluding hydrogens is 266 g/mol. The fourth-order valence-electron chi connectivity index (χ4n) is 1.55. The van der Waals surface area contributed by atoms with Crippen LogP contribution < -0.4 is 10.5 Å². The van der Waals surface area contributed by atoms with Gasteiger partial charge >= 0.3 is 10.2 Å². The summed E-state index contributed by atoms with van der Waals surface area (Å²) >= 11 is 0. The summed E-state index contributed by atoms with van der Waals surface area (Å²) in [7, 11) is -0.411. The van der Waals surface area contributed by atoms with E-state index >= 15 is 0 Å². The summed E-state index contributed by atoms with van der Waals surface area (Å²) in [6.07, 6.45) is 0.626. The Morgan fingerprint density at radius 1 is 1.42 bits per heavy atom. The number of nitrogens with zero attached hydrogens (tertiary/aromatic N) is 1. The van der Waals surface area contributed by atoms with Crippen molar-refractivity contribution in [2.45, 2.75) is 13.0 Å². The highest BCUT2D eigenvalue weighted by Gasteiger charge is 2.16. The number of nitrogens with two attached hydrogens (primary N) is 1. The second kappa shape index (κ2) is 7.44. The second-order valence-corrected chi connectivity index (χ2v) is 5.98. The maximum absolute atomic E-state index is 12.0. The lowest BCUT2D eigenvalue weighted by Crippen LogP contribution is -2.34. The zero-order valence-corrected chi connectivity index (χ0v) is 12.1. The van der Waals surface area contributed by atoms with E-state index in [4.69, 9.17) is 10.5 Å². The van der Waals surface area contributed by atoms with E-state index in [1.807, 2.05) is 6.07 Å². The van der Waals surface area contributed by atoms with Crippen molar-refractivity contribution in [2.75, 3.05) is 32.0 Å². The van der Waals surface area contributed by atoms with Crippen molar-refractivity contribution in [1.82, 2.24) is 4.31 Å². The monoisotopic (exact) mass is 287 g/mol. The predicted octanol–water partition coefficient (Wildman–Crippen LogP) is 0.770. The normalized spacial score (nSPS) is 11.8. The topological polar surface area (TPSA) is 84.7 Å². The quantitative estimate of drug-likeness (QED) is 0.739. The fraction of sp³-hybridized carbons (Fsp3) is 0.500. The Labute approximate surface area is 114 Å². The molecule has 0 aliphatic heterocycles. The van der Waals surface area contributed by atoms with Gasteiger partial charge < -0.3 is 10.5 Å². The summed E-state index contributed by atoms with van der Waals surface area (Å²) in [5.74, 6) is 0. The highest BCUT2D eigenvalue weighted by Crippen LogP contribution is 2.14. The Morgan fingerprint density at radius 3 is 2.79 bits per heavy atom. The Kier molecular flexibility index (Phi) is 6.23. The van der Waals surface area contributed by atoms with Crippen LogP contribution in [0.4, 0.5) is 5.69 Å². The number of benzene rings is 1. The molecular formula is C12H21N3O3S. The van der Waals surface area contributed by atoms with Crippen molar-refractivity contribution < 1.29 is 13.2 Å². The Hall–Kier alpha value is -1.15. The summed E-state index contributed by atoms with van der Waals surface area (Å²) in [4.78, 5) is 0. The molecule has 6 nitrogen and oxygen atoms in total. The summed E-state index contributed by atoms with van der Waals surface area (Å²) < 4.78 is 32.8. The molecule has 0 heterocycles. The minimum Gasteiger partial charge on any atom is -0.380 e. The zero-order chi connectivity index (χ0) is 14.3. The average molecular weight is 287 g/mol. The van der Waals surface area contributed by atoms with Crippen LogP contribution in [-0.2, 0) is 21.6 Å². The Bertz CT molecular complexity index is 491. The standard InChI is InChI=1S/C12H21N3O3S/c1-15(8-4-7-13)19(16,17)14-12-6-3-5-11(9-12)10-18-2/h3,5-6,9,14H,4,7-8,10,13H2,1-2H3. The van der Waals surface area contributed by atoms with Gasteiger partial charge in [0.1, 0.15) is 0 Å². The van der Waals surface area contributed by atoms with Gasteiger partial charge in [-0.05, 0) is 30.7 Å². The van der Waals surface area contributed by atoms with Crippen LogP contribution in [0, 0.1) is 0 Å². The van der Waals surface area contributed by atoms with E-state index in [9.17, 15) is 8.42 Å². The lowest BCUT2D eigenvalue weighted by atomic mass is 10.2. The summed E-state index contributed by atoms with van der Waals surface area (Å²) in [5, 5.41) is 0. The number of hydrogen-bond acceptors (Lipinski definition) is 4. The first-order valence-electron chi connectivity index (χ1n) is 6.01. The first-order valence-corrected chi connectivity index (χ1v) is 7.45. The van der Waals surface area contributed by atoms with Gasteiger partial charge in [0.05, 0.1) is 12.3 Å². The molecule has 0 fully saturated rings. The molecule has 19 heavy (non-hydrogen) atoms. The highest BCUT2D eigenvalue weighted by molar-refractivity contribution is 7.90. The van der Waals surface area contributed by atoms with E-state index in [-0.39, 0.29) is 0 Å². The van der Waals surface area contributed by atoms with Crippen LogP contribution in [0.15, 0.2) is 24.3 Å². The summed E-state index contributed by atoms with van der Waals surface area (Å²) in [6, 6.07) is 7.11. The van der Waals surface area contributed by atoms with Gasteiger partial charge in [-0.1, -0.05) is 12.1 Å². The van der Waals surface area contributed by atoms with Gasteiger partial charge in [-0.2, -0.15) is 12.7 Å². The van der Waals surface area contributed by atoms with E-state index in [2.05, 4.69) is 4.72 Å². The molecule has 1 aromatic carbocycles. The van der Waals surface area contributed by atoms with Crippen molar-refractivity contribution in [3.8, 4) is 0 Å². The average Bonchev–Trinajstić information content (AvgIpc) is 2.36. The van der Waals surface area contributed by atoms with Crippen LogP contribution in [0.1, 0.15) is 12.0 Å². The number of anilines is 1. The molecule has 0 aromatic heterocycles. The molecule has 0 aliphatic carbocycles. The van der Waals surface area contributed by atoms with Crippen LogP contribution in [0.2, 0.25) is 0 Å². The second-order valence-electron chi connectivity index (χ2n) is 4.20. The van der Waals surface area contributed by atoms with Crippen LogP contribution >= 0.6 is 0 Å². The van der Waals surface area contributed by atoms with Gasteiger partial charge in [-0.25, -0.2) is 0 Å². The van der Waals surface area contributed by atoms with E-state index in [0.717, 1.165) is 5.56 Å². The number of hydrogen-bond donors (Lipinski definition) is 2. The Balaban J connectivity index is 2.74. The summed E-state index contributed by atoms with van der Waals surface area (Å²) in [6.45, 7) is 1.30. The zero-order valence-electron chi connectivity index (χ0n) is 11.3. The molecule has 0 atom stereocenters. The molecule has 0 radical (unpaired) electrons. The third-order valence-corrected chi connectivity index (χ3v) is 4.07. The molecule has 0 aliphatic rings. The summed E-state index contributed by atoms with van der Waals surface area (Å²) in [5.41, 5.74) is 6.80. The van der Waals surface area contributed by atoms with Crippen LogP contribution in [0.25, 0.3) is 0 Å². The molecule has 7 heteroatoms. The molecule has 0 unspecified atom stereocenters. The molecule has 1 rings (SSSR count). The maximum Gasteiger partial charge on any atom is 0.301 e. The maximum atomic E-state index is 12.0. The molecule has 0 bridgehead atoms. The molecule has 108 valence electrons. The third-order valence-electron chi connectivity index (χ3n) is 2.57. The van der Waals surface area contributed by atoms with E-state index in [1.165, 1.54) is 11.4 Å². The third kappa shape index (κ3) is 5.15. The number of nitrogens with one attached hydrogen (secondary N) is 1. The van der Waals surface area contributed by atoms with Crippen molar-refractivity contribution in [1.29, 1.82) is 0 Å². The van der Waals surface area contributed by atoms with Crippen molar-refractivity contribution in [3.05, 3.63) is 29.8 Å². The van der Waals surface area contributed by atoms with Gasteiger partial charge in [0, 0.05) is 20.7 Å². The molecule has 1 aromatic rings. The lowest BCUT2D eigenvalue weighted by Gasteiger charge is -2.18. The molecule has 3 N–H and O–H groups in total. The highest BCUT2D eigenvalue weighted by atomic mass is 32.2. The van der Waals surface area contributed by atoms with Gasteiger partial charge in [0.2, 0.25) is 0 Å². The molecule has 0 saturated heterocycles. The Morgan fingerprint density at radius 2 is 2.16 bits per heavy atom. The SMILES string of the molecule is COCc1cccc(NS(=O)(=O)N(C)CCCN)c1. The minimum atomic E-state index is -3.53. The van der Waals surface area contributed by atoms with Crippen LogP contribution in [-0.4, -0.2) is 40.0 Å². The van der Waals surface area contributed by atoms with E-state index < -0.39 is 10.2 Å². The van der Waals surface area contributed by atoms with Gasteiger partial charge in [0.15, 0.2) is 0 Å². The first kappa shape index (κ1) is 15.9. The largest absolute Gasteiger partial charge is 0.380 e. The number of ether oxygens (including phenoxy) is 1. The smallest absolute Gasteiger partial charge is 0.301 e. The van der Waals surface area contributed by atoms with Crippen LogP contribution in [0.3, 0.4) is 0 Å². The van der Waals surface area contributed by atoms with E-state index in [1.54, 1.807) is 25.3 Å². The van der Waals surface area contributed by atoms with Gasteiger partial charge in [-0.15, -0.1) is 0 Å². The van der Waals surface area contributed by atoms with Crippen molar-refractivity contribution in [3.63, 3.8) is 0 Å². The number of methoxy groups -OCH3 is 1. The molecule has 0 saturated carbocycles. The number of rotatable bonds is 8. The minimum absolute atomic E-state index is 0.392. The van der Waals surface area contributed by atoms with Gasteiger partial charge in [0.25, 0.3) is 0 Å².